The Labute approximate surface area is 126 Å². The van der Waals surface area contributed by atoms with Crippen molar-refractivity contribution >= 4 is 5.78 Å². The van der Waals surface area contributed by atoms with E-state index in [9.17, 15) is 9.90 Å². The summed E-state index contributed by atoms with van der Waals surface area (Å²) in [6.45, 7) is 3.10. The molecule has 2 rings (SSSR count). The number of Topliss-reactive ketones (excluding diaryl/α,β-unsaturated/α-hetero) is 1. The molecule has 1 N–H and O–H groups in total. The third-order valence-electron chi connectivity index (χ3n) is 4.39. The largest absolute Gasteiger partial charge is 0.497 e. The number of aliphatic hydroxyl groups excluding tert-OH is 1. The van der Waals surface area contributed by atoms with Crippen molar-refractivity contribution in [2.75, 3.05) is 20.3 Å². The van der Waals surface area contributed by atoms with Crippen molar-refractivity contribution in [1.82, 2.24) is 4.90 Å². The molecule has 0 amide bonds. The van der Waals surface area contributed by atoms with Crippen LogP contribution >= 0.6 is 0 Å². The molecule has 1 aliphatic rings. The van der Waals surface area contributed by atoms with Crippen LogP contribution in [0.1, 0.15) is 43.0 Å². The van der Waals surface area contributed by atoms with Gasteiger partial charge in [0.15, 0.2) is 5.78 Å². The molecule has 0 saturated carbocycles. The van der Waals surface area contributed by atoms with E-state index in [0.717, 1.165) is 37.1 Å². The minimum absolute atomic E-state index is 0.141. The molecule has 0 spiro atoms. The van der Waals surface area contributed by atoms with Gasteiger partial charge in [0.1, 0.15) is 5.75 Å². The molecule has 1 saturated heterocycles. The Hall–Kier alpha value is -1.39. The highest BCUT2D eigenvalue weighted by molar-refractivity contribution is 6.00. The van der Waals surface area contributed by atoms with Gasteiger partial charge in [0.05, 0.1) is 13.2 Å². The molecular weight excluding hydrogens is 266 g/mol. The summed E-state index contributed by atoms with van der Waals surface area (Å²) in [5, 5.41) is 9.21. The molecule has 0 bridgehead atoms. The van der Waals surface area contributed by atoms with Crippen molar-refractivity contribution in [3.63, 3.8) is 0 Å². The van der Waals surface area contributed by atoms with Crippen molar-refractivity contribution in [3.05, 3.63) is 29.8 Å². The van der Waals surface area contributed by atoms with E-state index in [4.69, 9.17) is 4.74 Å². The van der Waals surface area contributed by atoms with Crippen LogP contribution in [-0.2, 0) is 0 Å². The van der Waals surface area contributed by atoms with Gasteiger partial charge in [0.2, 0.25) is 0 Å². The first-order chi connectivity index (χ1) is 10.2. The van der Waals surface area contributed by atoms with Gasteiger partial charge in [-0.3, -0.25) is 9.69 Å². The molecule has 0 radical (unpaired) electrons. The summed E-state index contributed by atoms with van der Waals surface area (Å²) in [6, 6.07) is 7.46. The third kappa shape index (κ3) is 3.83. The predicted molar refractivity (Wildman–Crippen MR) is 82.8 cm³/mol. The first-order valence-corrected chi connectivity index (χ1v) is 7.72. The normalized spacial score (nSPS) is 21.0. The fraction of sp³-hybridized carbons (Fsp3) is 0.588. The molecule has 21 heavy (non-hydrogen) atoms. The zero-order valence-electron chi connectivity index (χ0n) is 12.9. The second-order valence-corrected chi connectivity index (χ2v) is 5.67. The van der Waals surface area contributed by atoms with E-state index in [2.05, 4.69) is 4.90 Å². The fourth-order valence-electron chi connectivity index (χ4n) is 3.14. The smallest absolute Gasteiger partial charge is 0.179 e. The van der Waals surface area contributed by atoms with Crippen molar-refractivity contribution < 1.29 is 14.6 Å². The molecule has 1 aromatic carbocycles. The van der Waals surface area contributed by atoms with E-state index in [1.807, 2.05) is 31.2 Å². The zero-order valence-corrected chi connectivity index (χ0v) is 12.9. The second-order valence-electron chi connectivity index (χ2n) is 5.67. The zero-order chi connectivity index (χ0) is 15.2. The number of ether oxygens (including phenoxy) is 1. The average Bonchev–Trinajstić information content (AvgIpc) is 2.54. The number of ketones is 1. The molecule has 2 atom stereocenters. The lowest BCUT2D eigenvalue weighted by molar-refractivity contribution is 0.0604. The summed E-state index contributed by atoms with van der Waals surface area (Å²) < 4.78 is 5.13. The molecule has 116 valence electrons. The number of methoxy groups -OCH3 is 1. The molecule has 0 aromatic heterocycles. The Kier molecular flexibility index (Phi) is 5.76. The highest BCUT2D eigenvalue weighted by atomic mass is 16.5. The van der Waals surface area contributed by atoms with Gasteiger partial charge in [-0.2, -0.15) is 0 Å². The first kappa shape index (κ1) is 16.0. The number of aliphatic hydroxyl groups is 1. The van der Waals surface area contributed by atoms with Crippen LogP contribution in [0.5, 0.6) is 5.75 Å². The van der Waals surface area contributed by atoms with Crippen LogP contribution in [0.4, 0.5) is 0 Å². The highest BCUT2D eigenvalue weighted by Crippen LogP contribution is 2.24. The molecule has 2 unspecified atom stereocenters. The van der Waals surface area contributed by atoms with Gasteiger partial charge in [0.25, 0.3) is 0 Å². The highest BCUT2D eigenvalue weighted by Gasteiger charge is 2.30. The maximum absolute atomic E-state index is 12.6. The van der Waals surface area contributed by atoms with E-state index in [0.29, 0.717) is 6.04 Å². The van der Waals surface area contributed by atoms with E-state index >= 15 is 0 Å². The minimum Gasteiger partial charge on any atom is -0.497 e. The summed E-state index contributed by atoms with van der Waals surface area (Å²) in [7, 11) is 1.62. The summed E-state index contributed by atoms with van der Waals surface area (Å²) in [5.74, 6) is 0.901. The molecule has 1 aliphatic heterocycles. The second kappa shape index (κ2) is 7.57. The minimum atomic E-state index is -0.143. The Morgan fingerprint density at radius 1 is 1.38 bits per heavy atom. The molecule has 1 fully saturated rings. The maximum atomic E-state index is 12.6. The topological polar surface area (TPSA) is 49.8 Å². The fourth-order valence-corrected chi connectivity index (χ4v) is 3.14. The SMILES string of the molecule is COc1ccc(C(=O)C(C)N2CCCCC2CCO)cc1. The summed E-state index contributed by atoms with van der Waals surface area (Å²) in [5.41, 5.74) is 0.719. The number of likely N-dealkylation sites (tertiary alicyclic amines) is 1. The van der Waals surface area contributed by atoms with Gasteiger partial charge in [-0.05, 0) is 57.0 Å². The molecule has 0 aliphatic carbocycles. The molecule has 1 heterocycles. The van der Waals surface area contributed by atoms with E-state index < -0.39 is 0 Å². The Morgan fingerprint density at radius 3 is 2.71 bits per heavy atom. The van der Waals surface area contributed by atoms with Crippen molar-refractivity contribution in [2.45, 2.75) is 44.7 Å². The quantitative estimate of drug-likeness (QED) is 0.818. The van der Waals surface area contributed by atoms with Crippen molar-refractivity contribution in [3.8, 4) is 5.75 Å². The lowest BCUT2D eigenvalue weighted by Gasteiger charge is -2.39. The molecular formula is C17H25NO3. The monoisotopic (exact) mass is 291 g/mol. The van der Waals surface area contributed by atoms with Crippen LogP contribution in [0.2, 0.25) is 0 Å². The predicted octanol–water partition coefficient (Wildman–Crippen LogP) is 2.50. The Bertz CT molecular complexity index is 456. The lowest BCUT2D eigenvalue weighted by atomic mass is 9.95. The Morgan fingerprint density at radius 2 is 2.10 bits per heavy atom. The number of benzene rings is 1. The standard InChI is InChI=1S/C17H25NO3/c1-13(18-11-4-3-5-15(18)10-12-19)17(20)14-6-8-16(21-2)9-7-14/h6-9,13,15,19H,3-5,10-12H2,1-2H3. The summed E-state index contributed by atoms with van der Waals surface area (Å²) in [4.78, 5) is 14.9. The van der Waals surface area contributed by atoms with Crippen molar-refractivity contribution in [2.24, 2.45) is 0 Å². The third-order valence-corrected chi connectivity index (χ3v) is 4.39. The molecule has 1 aromatic rings. The van der Waals surface area contributed by atoms with Crippen LogP contribution in [0.3, 0.4) is 0 Å². The number of piperidine rings is 1. The molecule has 4 nitrogen and oxygen atoms in total. The van der Waals surface area contributed by atoms with Crippen LogP contribution in [-0.4, -0.2) is 48.1 Å². The van der Waals surface area contributed by atoms with Gasteiger partial charge < -0.3 is 9.84 Å². The summed E-state index contributed by atoms with van der Waals surface area (Å²) in [6.07, 6.45) is 4.13. The number of carbonyl (C=O) groups is 1. The van der Waals surface area contributed by atoms with Crippen LogP contribution in [0, 0.1) is 0 Å². The maximum Gasteiger partial charge on any atom is 0.179 e. The van der Waals surface area contributed by atoms with Crippen LogP contribution in [0.25, 0.3) is 0 Å². The van der Waals surface area contributed by atoms with E-state index in [1.165, 1.54) is 6.42 Å². The number of hydrogen-bond donors (Lipinski definition) is 1. The van der Waals surface area contributed by atoms with Crippen LogP contribution in [0.15, 0.2) is 24.3 Å². The van der Waals surface area contributed by atoms with Crippen LogP contribution < -0.4 is 4.74 Å². The van der Waals surface area contributed by atoms with E-state index in [1.54, 1.807) is 7.11 Å². The number of carbonyl (C=O) groups excluding carboxylic acids is 1. The van der Waals surface area contributed by atoms with Gasteiger partial charge in [-0.1, -0.05) is 6.42 Å². The number of rotatable bonds is 6. The average molecular weight is 291 g/mol. The number of nitrogens with zero attached hydrogens (tertiary/aromatic N) is 1. The lowest BCUT2D eigenvalue weighted by Crippen LogP contribution is -2.48. The Balaban J connectivity index is 2.08. The van der Waals surface area contributed by atoms with Gasteiger partial charge in [0, 0.05) is 18.2 Å². The van der Waals surface area contributed by atoms with Crippen molar-refractivity contribution in [1.29, 1.82) is 0 Å². The summed E-state index contributed by atoms with van der Waals surface area (Å²) >= 11 is 0. The van der Waals surface area contributed by atoms with Gasteiger partial charge in [-0.25, -0.2) is 0 Å². The van der Waals surface area contributed by atoms with E-state index in [-0.39, 0.29) is 18.4 Å². The molecule has 4 heteroatoms. The first-order valence-electron chi connectivity index (χ1n) is 7.72. The van der Waals surface area contributed by atoms with Gasteiger partial charge in [-0.15, -0.1) is 0 Å². The van der Waals surface area contributed by atoms with Gasteiger partial charge >= 0.3 is 0 Å². The number of hydrogen-bond acceptors (Lipinski definition) is 4.